The van der Waals surface area contributed by atoms with Crippen molar-refractivity contribution >= 4 is 34.3 Å². The van der Waals surface area contributed by atoms with Crippen LogP contribution < -0.4 is 5.32 Å². The maximum absolute atomic E-state index is 5.99. The van der Waals surface area contributed by atoms with Crippen LogP contribution in [-0.4, -0.2) is 24.7 Å². The third-order valence-corrected chi connectivity index (χ3v) is 3.47. The summed E-state index contributed by atoms with van der Waals surface area (Å²) >= 11 is 5.99. The van der Waals surface area contributed by atoms with Gasteiger partial charge in [-0.25, -0.2) is 4.98 Å². The average molecular weight is 275 g/mol. The topological polar surface area (TPSA) is 71.4 Å². The molecule has 6 nitrogen and oxygen atoms in total. The normalized spacial score (nSPS) is 15.0. The fourth-order valence-electron chi connectivity index (χ4n) is 2.01. The number of halogens is 1. The van der Waals surface area contributed by atoms with Crippen molar-refractivity contribution in [3.8, 4) is 0 Å². The van der Waals surface area contributed by atoms with E-state index in [0.29, 0.717) is 17.0 Å². The van der Waals surface area contributed by atoms with E-state index < -0.39 is 0 Å². The van der Waals surface area contributed by atoms with E-state index in [9.17, 15) is 0 Å². The van der Waals surface area contributed by atoms with Crippen LogP contribution in [0.25, 0.3) is 11.0 Å². The molecule has 0 spiro atoms. The Labute approximate surface area is 113 Å². The summed E-state index contributed by atoms with van der Waals surface area (Å²) in [6.45, 7) is 0. The molecule has 2 N–H and O–H groups in total. The summed E-state index contributed by atoms with van der Waals surface area (Å²) in [5, 5.41) is 8.90. The Bertz CT molecular complexity index is 742. The summed E-state index contributed by atoms with van der Waals surface area (Å²) in [5.74, 6) is 0.529. The molecular formula is C12H11ClN6. The van der Waals surface area contributed by atoms with E-state index in [-0.39, 0.29) is 0 Å². The molecule has 1 fully saturated rings. The number of rotatable bonds is 3. The van der Waals surface area contributed by atoms with Crippen molar-refractivity contribution in [3.63, 3.8) is 0 Å². The second-order valence-corrected chi connectivity index (χ2v) is 5.06. The van der Waals surface area contributed by atoms with Crippen molar-refractivity contribution in [2.45, 2.75) is 18.9 Å². The molecule has 0 aromatic carbocycles. The molecule has 0 amide bonds. The van der Waals surface area contributed by atoms with Crippen LogP contribution in [0.3, 0.4) is 0 Å². The van der Waals surface area contributed by atoms with Gasteiger partial charge in [-0.3, -0.25) is 4.68 Å². The van der Waals surface area contributed by atoms with E-state index in [0.717, 1.165) is 16.7 Å². The van der Waals surface area contributed by atoms with Gasteiger partial charge in [-0.1, -0.05) is 11.6 Å². The lowest BCUT2D eigenvalue weighted by Gasteiger charge is -2.01. The molecule has 1 aliphatic carbocycles. The van der Waals surface area contributed by atoms with E-state index >= 15 is 0 Å². The van der Waals surface area contributed by atoms with Gasteiger partial charge >= 0.3 is 0 Å². The van der Waals surface area contributed by atoms with Crippen LogP contribution in [-0.2, 0) is 0 Å². The van der Waals surface area contributed by atoms with Gasteiger partial charge < -0.3 is 10.3 Å². The smallest absolute Gasteiger partial charge is 0.229 e. The van der Waals surface area contributed by atoms with Gasteiger partial charge in [0.05, 0.1) is 28.3 Å². The van der Waals surface area contributed by atoms with Gasteiger partial charge in [0.15, 0.2) is 0 Å². The average Bonchev–Trinajstić information content (AvgIpc) is 3.07. The highest BCUT2D eigenvalue weighted by Crippen LogP contribution is 2.34. The quantitative estimate of drug-likeness (QED) is 0.770. The molecule has 0 radical (unpaired) electrons. The number of anilines is 2. The molecule has 7 heteroatoms. The minimum Gasteiger partial charge on any atom is -0.344 e. The maximum atomic E-state index is 5.99. The van der Waals surface area contributed by atoms with Gasteiger partial charge in [0, 0.05) is 18.6 Å². The molecular weight excluding hydrogens is 264 g/mol. The fourth-order valence-corrected chi connectivity index (χ4v) is 2.20. The monoisotopic (exact) mass is 274 g/mol. The van der Waals surface area contributed by atoms with Crippen LogP contribution in [0.15, 0.2) is 24.8 Å². The third kappa shape index (κ3) is 1.94. The van der Waals surface area contributed by atoms with Crippen LogP contribution in [0.2, 0.25) is 5.02 Å². The van der Waals surface area contributed by atoms with Gasteiger partial charge in [0.2, 0.25) is 5.95 Å². The first kappa shape index (κ1) is 10.8. The number of H-pyrrole nitrogens is 1. The maximum Gasteiger partial charge on any atom is 0.229 e. The molecule has 0 saturated heterocycles. The number of aromatic nitrogens is 5. The summed E-state index contributed by atoms with van der Waals surface area (Å²) in [6, 6.07) is 0.571. The molecule has 4 rings (SSSR count). The highest BCUT2D eigenvalue weighted by atomic mass is 35.5. The highest BCUT2D eigenvalue weighted by Gasteiger charge is 2.24. The Morgan fingerprint density at radius 2 is 2.26 bits per heavy atom. The predicted octanol–water partition coefficient (Wildman–Crippen LogP) is 2.89. The molecule has 0 aliphatic heterocycles. The van der Waals surface area contributed by atoms with E-state index in [1.165, 1.54) is 12.8 Å². The fraction of sp³-hybridized carbons (Fsp3) is 0.250. The van der Waals surface area contributed by atoms with Crippen LogP contribution in [0.5, 0.6) is 0 Å². The zero-order valence-electron chi connectivity index (χ0n) is 9.97. The molecule has 3 heterocycles. The number of fused-ring (bicyclic) bond motifs is 1. The SMILES string of the molecule is Clc1c[nH]c2nc(Nc3cnn(C4CC4)c3)ncc12. The zero-order chi connectivity index (χ0) is 12.8. The third-order valence-electron chi connectivity index (χ3n) is 3.16. The van der Waals surface area contributed by atoms with Crippen molar-refractivity contribution in [3.05, 3.63) is 29.8 Å². The number of hydrogen-bond acceptors (Lipinski definition) is 4. The summed E-state index contributed by atoms with van der Waals surface area (Å²) in [6.07, 6.45) is 9.60. The molecule has 96 valence electrons. The summed E-state index contributed by atoms with van der Waals surface area (Å²) in [5.41, 5.74) is 1.61. The van der Waals surface area contributed by atoms with Crippen LogP contribution in [0, 0.1) is 0 Å². The first-order valence-corrected chi connectivity index (χ1v) is 6.48. The summed E-state index contributed by atoms with van der Waals surface area (Å²) < 4.78 is 1.98. The van der Waals surface area contributed by atoms with E-state index in [1.807, 2.05) is 10.9 Å². The van der Waals surface area contributed by atoms with Crippen molar-refractivity contribution in [2.75, 3.05) is 5.32 Å². The summed E-state index contributed by atoms with van der Waals surface area (Å²) in [7, 11) is 0. The molecule has 1 aliphatic rings. The molecule has 3 aromatic heterocycles. The Morgan fingerprint density at radius 1 is 1.37 bits per heavy atom. The van der Waals surface area contributed by atoms with E-state index in [1.54, 1.807) is 18.6 Å². The Balaban J connectivity index is 1.62. The number of nitrogens with one attached hydrogen (secondary N) is 2. The first-order valence-electron chi connectivity index (χ1n) is 6.10. The van der Waals surface area contributed by atoms with Crippen LogP contribution >= 0.6 is 11.6 Å². The van der Waals surface area contributed by atoms with Crippen LogP contribution in [0.4, 0.5) is 11.6 Å². The predicted molar refractivity (Wildman–Crippen MR) is 72.7 cm³/mol. The molecule has 0 bridgehead atoms. The second kappa shape index (κ2) is 3.96. The molecule has 0 unspecified atom stereocenters. The second-order valence-electron chi connectivity index (χ2n) is 4.66. The molecule has 0 atom stereocenters. The lowest BCUT2D eigenvalue weighted by molar-refractivity contribution is 0.642. The van der Waals surface area contributed by atoms with Gasteiger partial charge in [0.25, 0.3) is 0 Å². The van der Waals surface area contributed by atoms with E-state index in [4.69, 9.17) is 11.6 Å². The Morgan fingerprint density at radius 3 is 3.11 bits per heavy atom. The van der Waals surface area contributed by atoms with E-state index in [2.05, 4.69) is 25.4 Å². The molecule has 1 saturated carbocycles. The number of hydrogen-bond donors (Lipinski definition) is 2. The van der Waals surface area contributed by atoms with Crippen molar-refractivity contribution in [1.82, 2.24) is 24.7 Å². The largest absolute Gasteiger partial charge is 0.344 e. The summed E-state index contributed by atoms with van der Waals surface area (Å²) in [4.78, 5) is 11.6. The number of nitrogens with zero attached hydrogens (tertiary/aromatic N) is 4. The molecule has 19 heavy (non-hydrogen) atoms. The standard InChI is InChI=1S/C12H11ClN6/c13-10-5-14-11-9(10)4-15-12(18-11)17-7-3-16-19(6-7)8-1-2-8/h3-6,8H,1-2H2,(H2,14,15,17,18). The van der Waals surface area contributed by atoms with Gasteiger partial charge in [0.1, 0.15) is 5.65 Å². The zero-order valence-corrected chi connectivity index (χ0v) is 10.7. The van der Waals surface area contributed by atoms with Gasteiger partial charge in [-0.05, 0) is 12.8 Å². The Kier molecular flexibility index (Phi) is 2.25. The molecule has 3 aromatic rings. The highest BCUT2D eigenvalue weighted by molar-refractivity contribution is 6.35. The number of aromatic amines is 1. The minimum absolute atomic E-state index is 0.529. The van der Waals surface area contributed by atoms with Crippen molar-refractivity contribution in [2.24, 2.45) is 0 Å². The van der Waals surface area contributed by atoms with Crippen molar-refractivity contribution in [1.29, 1.82) is 0 Å². The first-order chi connectivity index (χ1) is 9.29. The van der Waals surface area contributed by atoms with Gasteiger partial charge in [-0.2, -0.15) is 10.1 Å². The lowest BCUT2D eigenvalue weighted by atomic mass is 10.4. The minimum atomic E-state index is 0.529. The Hall–Kier alpha value is -2.08. The van der Waals surface area contributed by atoms with Crippen LogP contribution in [0.1, 0.15) is 18.9 Å². The van der Waals surface area contributed by atoms with Gasteiger partial charge in [-0.15, -0.1) is 0 Å². The van der Waals surface area contributed by atoms with Crippen molar-refractivity contribution < 1.29 is 0 Å². The lowest BCUT2D eigenvalue weighted by Crippen LogP contribution is -1.96.